The van der Waals surface area contributed by atoms with E-state index in [1.54, 1.807) is 17.1 Å². The molecule has 1 aromatic carbocycles. The van der Waals surface area contributed by atoms with E-state index in [4.69, 9.17) is 4.74 Å². The lowest BCUT2D eigenvalue weighted by atomic mass is 10.1. The number of hydrogen-bond acceptors (Lipinski definition) is 4. The molecule has 0 bridgehead atoms. The van der Waals surface area contributed by atoms with Gasteiger partial charge in [-0.15, -0.1) is 0 Å². The molecule has 1 fully saturated rings. The zero-order valence-electron chi connectivity index (χ0n) is 14.0. The quantitative estimate of drug-likeness (QED) is 0.877. The number of piperidine rings is 1. The van der Waals surface area contributed by atoms with Gasteiger partial charge in [0, 0.05) is 32.4 Å². The highest BCUT2D eigenvalue weighted by atomic mass is 16.5. The van der Waals surface area contributed by atoms with Crippen LogP contribution in [0.2, 0.25) is 0 Å². The first-order chi connectivity index (χ1) is 11.7. The third-order valence-corrected chi connectivity index (χ3v) is 4.23. The zero-order chi connectivity index (χ0) is 16.8. The largest absolute Gasteiger partial charge is 0.492 e. The first-order valence-corrected chi connectivity index (χ1v) is 8.40. The molecule has 1 saturated heterocycles. The van der Waals surface area contributed by atoms with Crippen molar-refractivity contribution in [1.29, 1.82) is 0 Å². The lowest BCUT2D eigenvalue weighted by Crippen LogP contribution is -2.48. The van der Waals surface area contributed by atoms with Crippen molar-refractivity contribution in [1.82, 2.24) is 20.0 Å². The van der Waals surface area contributed by atoms with Crippen molar-refractivity contribution in [3.05, 3.63) is 48.3 Å². The Morgan fingerprint density at radius 1 is 1.38 bits per heavy atom. The van der Waals surface area contributed by atoms with Crippen LogP contribution in [0.25, 0.3) is 0 Å². The second-order valence-electron chi connectivity index (χ2n) is 6.18. The fraction of sp³-hybridized carbons (Fsp3) is 0.444. The number of aromatic nitrogens is 2. The topological polar surface area (TPSA) is 59.4 Å². The number of amides is 1. The molecule has 1 aliphatic rings. The molecule has 3 rings (SSSR count). The van der Waals surface area contributed by atoms with Gasteiger partial charge in [-0.3, -0.25) is 14.4 Å². The summed E-state index contributed by atoms with van der Waals surface area (Å²) in [4.78, 5) is 14.6. The predicted molar refractivity (Wildman–Crippen MR) is 92.1 cm³/mol. The van der Waals surface area contributed by atoms with Crippen LogP contribution in [-0.4, -0.2) is 52.9 Å². The second-order valence-corrected chi connectivity index (χ2v) is 6.18. The van der Waals surface area contributed by atoms with E-state index in [0.29, 0.717) is 12.2 Å². The third kappa shape index (κ3) is 4.58. The molecule has 1 amide bonds. The van der Waals surface area contributed by atoms with Gasteiger partial charge in [0.15, 0.2) is 0 Å². The molecule has 0 saturated carbocycles. The standard InChI is InChI=1S/C18H24N4O2/c1-21-13-15(12-19-21)18(23)20-16-6-5-9-22(14-16)10-11-24-17-7-3-2-4-8-17/h2-4,7-8,12-13,16H,5-6,9-11,14H2,1H3,(H,20,23). The normalized spacial score (nSPS) is 18.3. The number of carbonyl (C=O) groups is 1. The highest BCUT2D eigenvalue weighted by Gasteiger charge is 2.22. The molecule has 24 heavy (non-hydrogen) atoms. The van der Waals surface area contributed by atoms with Crippen LogP contribution in [0.15, 0.2) is 42.7 Å². The molecule has 0 spiro atoms. The van der Waals surface area contributed by atoms with Gasteiger partial charge >= 0.3 is 0 Å². The van der Waals surface area contributed by atoms with Gasteiger partial charge in [-0.25, -0.2) is 0 Å². The molecule has 0 aliphatic carbocycles. The number of rotatable bonds is 6. The maximum atomic E-state index is 12.2. The van der Waals surface area contributed by atoms with Gasteiger partial charge in [-0.1, -0.05) is 18.2 Å². The molecule has 6 nitrogen and oxygen atoms in total. The van der Waals surface area contributed by atoms with Crippen molar-refractivity contribution in [2.45, 2.75) is 18.9 Å². The molecule has 1 aromatic heterocycles. The first kappa shape index (κ1) is 16.5. The Morgan fingerprint density at radius 2 is 2.21 bits per heavy atom. The lowest BCUT2D eigenvalue weighted by Gasteiger charge is -2.32. The van der Waals surface area contributed by atoms with Crippen molar-refractivity contribution in [2.24, 2.45) is 7.05 Å². The fourth-order valence-corrected chi connectivity index (χ4v) is 2.99. The van der Waals surface area contributed by atoms with Crippen molar-refractivity contribution in [3.63, 3.8) is 0 Å². The number of nitrogens with zero attached hydrogens (tertiary/aromatic N) is 3. The Hall–Kier alpha value is -2.34. The van der Waals surface area contributed by atoms with E-state index in [9.17, 15) is 4.79 Å². The first-order valence-electron chi connectivity index (χ1n) is 8.40. The number of likely N-dealkylation sites (tertiary alicyclic amines) is 1. The summed E-state index contributed by atoms with van der Waals surface area (Å²) in [5.41, 5.74) is 0.613. The van der Waals surface area contributed by atoms with Gasteiger partial charge in [-0.05, 0) is 31.5 Å². The molecule has 2 aromatic rings. The zero-order valence-corrected chi connectivity index (χ0v) is 14.0. The predicted octanol–water partition coefficient (Wildman–Crippen LogP) is 1.69. The average molecular weight is 328 g/mol. The summed E-state index contributed by atoms with van der Waals surface area (Å²) in [7, 11) is 1.81. The Labute approximate surface area is 142 Å². The van der Waals surface area contributed by atoms with Crippen molar-refractivity contribution >= 4 is 5.91 Å². The van der Waals surface area contributed by atoms with Gasteiger partial charge in [0.2, 0.25) is 0 Å². The fourth-order valence-electron chi connectivity index (χ4n) is 2.99. The Balaban J connectivity index is 1.43. The second kappa shape index (κ2) is 7.97. The minimum Gasteiger partial charge on any atom is -0.492 e. The van der Waals surface area contributed by atoms with Crippen LogP contribution in [0.3, 0.4) is 0 Å². The Morgan fingerprint density at radius 3 is 2.96 bits per heavy atom. The summed E-state index contributed by atoms with van der Waals surface area (Å²) < 4.78 is 7.40. The number of carbonyl (C=O) groups excluding carboxylic acids is 1. The van der Waals surface area contributed by atoms with E-state index < -0.39 is 0 Å². The van der Waals surface area contributed by atoms with Crippen LogP contribution >= 0.6 is 0 Å². The van der Waals surface area contributed by atoms with Gasteiger partial charge in [0.25, 0.3) is 5.91 Å². The molecular weight excluding hydrogens is 304 g/mol. The molecule has 1 unspecified atom stereocenters. The van der Waals surface area contributed by atoms with Gasteiger partial charge < -0.3 is 10.1 Å². The molecule has 1 atom stereocenters. The number of hydrogen-bond donors (Lipinski definition) is 1. The van der Waals surface area contributed by atoms with Crippen LogP contribution in [0.5, 0.6) is 5.75 Å². The lowest BCUT2D eigenvalue weighted by molar-refractivity contribution is 0.0896. The summed E-state index contributed by atoms with van der Waals surface area (Å²) in [6.07, 6.45) is 5.44. The van der Waals surface area contributed by atoms with Crippen molar-refractivity contribution in [2.75, 3.05) is 26.2 Å². The van der Waals surface area contributed by atoms with E-state index in [0.717, 1.165) is 38.2 Å². The SMILES string of the molecule is Cn1cc(C(=O)NC2CCCN(CCOc3ccccc3)C2)cn1. The van der Waals surface area contributed by atoms with Crippen LogP contribution in [0, 0.1) is 0 Å². The monoisotopic (exact) mass is 328 g/mol. The molecular formula is C18H24N4O2. The van der Waals surface area contributed by atoms with Crippen LogP contribution in [0.1, 0.15) is 23.2 Å². The Kier molecular flexibility index (Phi) is 5.48. The van der Waals surface area contributed by atoms with Gasteiger partial charge in [0.05, 0.1) is 11.8 Å². The smallest absolute Gasteiger partial charge is 0.254 e. The van der Waals surface area contributed by atoms with E-state index in [-0.39, 0.29) is 11.9 Å². The average Bonchev–Trinajstić information content (AvgIpc) is 3.03. The van der Waals surface area contributed by atoms with Crippen molar-refractivity contribution in [3.8, 4) is 5.75 Å². The van der Waals surface area contributed by atoms with Gasteiger partial charge in [-0.2, -0.15) is 5.10 Å². The summed E-state index contributed by atoms with van der Waals surface area (Å²) >= 11 is 0. The number of para-hydroxylation sites is 1. The van der Waals surface area contributed by atoms with E-state index in [1.165, 1.54) is 0 Å². The highest BCUT2D eigenvalue weighted by Crippen LogP contribution is 2.12. The van der Waals surface area contributed by atoms with E-state index in [1.807, 2.05) is 37.4 Å². The molecule has 1 aliphatic heterocycles. The Bertz CT molecular complexity index is 656. The molecule has 6 heteroatoms. The van der Waals surface area contributed by atoms with E-state index >= 15 is 0 Å². The minimum absolute atomic E-state index is 0.0458. The summed E-state index contributed by atoms with van der Waals surface area (Å²) in [5, 5.41) is 7.16. The van der Waals surface area contributed by atoms with E-state index in [2.05, 4.69) is 15.3 Å². The van der Waals surface area contributed by atoms with Crippen LogP contribution in [-0.2, 0) is 7.05 Å². The number of nitrogens with one attached hydrogen (secondary N) is 1. The molecule has 0 radical (unpaired) electrons. The molecule has 128 valence electrons. The summed E-state index contributed by atoms with van der Waals surface area (Å²) in [6.45, 7) is 3.45. The van der Waals surface area contributed by atoms with Crippen molar-refractivity contribution < 1.29 is 9.53 Å². The number of benzene rings is 1. The van der Waals surface area contributed by atoms with Crippen LogP contribution in [0.4, 0.5) is 0 Å². The van der Waals surface area contributed by atoms with Crippen LogP contribution < -0.4 is 10.1 Å². The molecule has 1 N–H and O–H groups in total. The maximum absolute atomic E-state index is 12.2. The third-order valence-electron chi connectivity index (χ3n) is 4.23. The minimum atomic E-state index is -0.0458. The maximum Gasteiger partial charge on any atom is 0.254 e. The number of aryl methyl sites for hydroxylation is 1. The molecule has 2 heterocycles. The highest BCUT2D eigenvalue weighted by molar-refractivity contribution is 5.93. The summed E-state index contributed by atoms with van der Waals surface area (Å²) in [5.74, 6) is 0.853. The number of ether oxygens (including phenoxy) is 1. The summed E-state index contributed by atoms with van der Waals surface area (Å²) in [6, 6.07) is 10.0. The van der Waals surface area contributed by atoms with Gasteiger partial charge in [0.1, 0.15) is 12.4 Å².